The minimum atomic E-state index is -0.131. The third kappa shape index (κ3) is 1.80. The second-order valence-corrected chi connectivity index (χ2v) is 7.96. The molecule has 3 aliphatic rings. The van der Waals surface area contributed by atoms with Crippen LogP contribution in [0.3, 0.4) is 0 Å². The average molecular weight is 413 g/mol. The van der Waals surface area contributed by atoms with E-state index in [-0.39, 0.29) is 6.98 Å². The van der Waals surface area contributed by atoms with Crippen LogP contribution in [0.25, 0.3) is 21.8 Å². The first-order chi connectivity index (χ1) is 15.8. The molecule has 32 heavy (non-hydrogen) atoms. The number of hydrogen-bond donors (Lipinski definition) is 0. The van der Waals surface area contributed by atoms with Crippen LogP contribution in [-0.2, 0) is 0 Å². The first-order valence-electron chi connectivity index (χ1n) is 10.3. The molecule has 10 heteroatoms. The molecule has 0 aliphatic carbocycles. The summed E-state index contributed by atoms with van der Waals surface area (Å²) in [5.41, 5.74) is 4.75. The van der Waals surface area contributed by atoms with Crippen molar-refractivity contribution in [1.29, 1.82) is 0 Å². The van der Waals surface area contributed by atoms with Crippen LogP contribution in [0.2, 0.25) is 6.82 Å². The van der Waals surface area contributed by atoms with E-state index in [1.165, 1.54) is 0 Å². The molecule has 3 aliphatic heterocycles. The summed E-state index contributed by atoms with van der Waals surface area (Å²) < 4.78 is 4.22. The third-order valence-electron chi connectivity index (χ3n) is 6.29. The lowest BCUT2D eigenvalue weighted by molar-refractivity contribution is 0.917. The Kier molecular flexibility index (Phi) is 2.75. The van der Waals surface area contributed by atoms with Gasteiger partial charge in [-0.1, -0.05) is 0 Å². The summed E-state index contributed by atoms with van der Waals surface area (Å²) >= 11 is 0. The molecular formula is C22H12BN9. The zero-order valence-electron chi connectivity index (χ0n) is 16.8. The highest BCUT2D eigenvalue weighted by molar-refractivity contribution is 6.56. The average Bonchev–Trinajstić information content (AvgIpc) is 3.45. The van der Waals surface area contributed by atoms with Gasteiger partial charge in [-0.2, -0.15) is 0 Å². The molecule has 0 fully saturated rings. The van der Waals surface area contributed by atoms with Crippen molar-refractivity contribution in [2.24, 2.45) is 20.0 Å². The normalized spacial score (nSPS) is 17.9. The van der Waals surface area contributed by atoms with Gasteiger partial charge in [0.15, 0.2) is 23.0 Å². The fourth-order valence-corrected chi connectivity index (χ4v) is 4.92. The molecule has 5 aromatic rings. The van der Waals surface area contributed by atoms with E-state index in [0.717, 1.165) is 55.7 Å². The van der Waals surface area contributed by atoms with Crippen LogP contribution >= 0.6 is 0 Å². The molecule has 9 nitrogen and oxygen atoms in total. The highest BCUT2D eigenvalue weighted by Gasteiger charge is 2.34. The fraction of sp³-hybridized carbons (Fsp3) is 0.0455. The van der Waals surface area contributed by atoms with E-state index in [4.69, 9.17) is 20.0 Å². The Bertz CT molecular complexity index is 1860. The lowest BCUT2D eigenvalue weighted by Gasteiger charge is -2.20. The number of amidine groups is 2. The molecule has 4 bridgehead atoms. The van der Waals surface area contributed by atoms with Crippen molar-refractivity contribution in [3.05, 3.63) is 77.2 Å². The number of pyridine rings is 3. The summed E-state index contributed by atoms with van der Waals surface area (Å²) in [6.07, 6.45) is 5.33. The Labute approximate surface area is 180 Å². The topological polar surface area (TPSA) is 98.0 Å². The van der Waals surface area contributed by atoms with Crippen LogP contribution in [0.5, 0.6) is 0 Å². The smallest absolute Gasteiger partial charge is 0.332 e. The van der Waals surface area contributed by atoms with Crippen molar-refractivity contribution in [1.82, 2.24) is 23.9 Å². The maximum Gasteiger partial charge on any atom is 0.386 e. The van der Waals surface area contributed by atoms with Crippen molar-refractivity contribution in [2.45, 2.75) is 6.82 Å². The Morgan fingerprint density at radius 2 is 1.44 bits per heavy atom. The minimum absolute atomic E-state index is 0.131. The van der Waals surface area contributed by atoms with E-state index >= 15 is 0 Å². The van der Waals surface area contributed by atoms with E-state index in [9.17, 15) is 0 Å². The van der Waals surface area contributed by atoms with Crippen LogP contribution < -0.4 is 11.0 Å². The Morgan fingerprint density at radius 3 is 2.34 bits per heavy atom. The predicted molar refractivity (Wildman–Crippen MR) is 121 cm³/mol. The zero-order chi connectivity index (χ0) is 21.0. The summed E-state index contributed by atoms with van der Waals surface area (Å²) in [4.78, 5) is 33.7. The molecular weight excluding hydrogens is 401 g/mol. The van der Waals surface area contributed by atoms with Gasteiger partial charge in [-0.25, -0.2) is 20.0 Å². The second-order valence-electron chi connectivity index (χ2n) is 7.96. The molecule has 8 rings (SSSR count). The Morgan fingerprint density at radius 1 is 0.656 bits per heavy atom. The fourth-order valence-electron chi connectivity index (χ4n) is 4.92. The lowest BCUT2D eigenvalue weighted by atomic mass is 9.78. The third-order valence-corrected chi connectivity index (χ3v) is 6.29. The summed E-state index contributed by atoms with van der Waals surface area (Å²) in [5, 5.41) is 1.86. The lowest BCUT2D eigenvalue weighted by Crippen LogP contribution is -2.46. The van der Waals surface area contributed by atoms with Crippen molar-refractivity contribution in [3.63, 3.8) is 0 Å². The van der Waals surface area contributed by atoms with Gasteiger partial charge in [-0.15, -0.1) is 0 Å². The summed E-state index contributed by atoms with van der Waals surface area (Å²) in [6, 6.07) is 11.8. The van der Waals surface area contributed by atoms with Crippen LogP contribution in [0.4, 0.5) is 11.6 Å². The Hall–Kier alpha value is -4.47. The molecule has 0 aromatic carbocycles. The van der Waals surface area contributed by atoms with Gasteiger partial charge in [0, 0.05) is 34.9 Å². The molecule has 0 spiro atoms. The molecule has 0 amide bonds. The van der Waals surface area contributed by atoms with Crippen molar-refractivity contribution in [2.75, 3.05) is 0 Å². The number of aliphatic imine (C=N–C) groups is 2. The Balaban J connectivity index is 1.69. The van der Waals surface area contributed by atoms with Crippen LogP contribution in [-0.4, -0.2) is 42.6 Å². The number of nitrogens with zero attached hydrogens (tertiary/aromatic N) is 9. The van der Waals surface area contributed by atoms with E-state index in [0.29, 0.717) is 11.7 Å². The quantitative estimate of drug-likeness (QED) is 0.364. The van der Waals surface area contributed by atoms with Crippen molar-refractivity contribution < 1.29 is 0 Å². The SMILES string of the molecule is CB1n2c3c4cccnc4c2N=c2c4ncccc4/c(n21)=N/C1=NC(=N\3)/c2ncccc21. The highest BCUT2D eigenvalue weighted by atomic mass is 15.3. The minimum Gasteiger partial charge on any atom is -0.332 e. The number of fused-ring (bicyclic) bond motifs is 10. The molecule has 0 N–H and O–H groups in total. The van der Waals surface area contributed by atoms with Gasteiger partial charge < -0.3 is 8.96 Å². The van der Waals surface area contributed by atoms with Gasteiger partial charge in [0.05, 0.1) is 0 Å². The molecule has 0 radical (unpaired) electrons. The molecule has 148 valence electrons. The standard InChI is InChI=1S/C22H12BN9/c1-23-31-19-12-6-3-9-25-15(12)21(31)30-22-16-13(7-4-10-26-16)20(32(22)23)29-18-14-11(5-2-8-24-14)17(27-18)28-19/h2-10H,1H3/b28-17?,28-19-,29-18-,29-20?. The molecule has 0 unspecified atom stereocenters. The first kappa shape index (κ1) is 16.3. The van der Waals surface area contributed by atoms with Gasteiger partial charge in [0.25, 0.3) is 0 Å². The van der Waals surface area contributed by atoms with E-state index < -0.39 is 0 Å². The maximum atomic E-state index is 5.05. The summed E-state index contributed by atoms with van der Waals surface area (Å²) in [6.45, 7) is 1.99. The van der Waals surface area contributed by atoms with Gasteiger partial charge in [0.1, 0.15) is 28.0 Å². The van der Waals surface area contributed by atoms with Gasteiger partial charge in [-0.05, 0) is 43.2 Å². The van der Waals surface area contributed by atoms with Gasteiger partial charge in [0.2, 0.25) is 0 Å². The van der Waals surface area contributed by atoms with Gasteiger partial charge >= 0.3 is 6.98 Å². The summed E-state index contributed by atoms with van der Waals surface area (Å²) in [7, 11) is 0. The van der Waals surface area contributed by atoms with Crippen LogP contribution in [0, 0.1) is 0 Å². The van der Waals surface area contributed by atoms with E-state index in [1.807, 2.05) is 36.4 Å². The number of aromatic nitrogens is 5. The van der Waals surface area contributed by atoms with Crippen LogP contribution in [0.1, 0.15) is 11.3 Å². The molecule has 0 saturated heterocycles. The highest BCUT2D eigenvalue weighted by Crippen LogP contribution is 2.39. The zero-order valence-corrected chi connectivity index (χ0v) is 16.8. The summed E-state index contributed by atoms with van der Waals surface area (Å²) in [5.74, 6) is 2.67. The van der Waals surface area contributed by atoms with Crippen molar-refractivity contribution >= 4 is 52.1 Å². The number of hydrogen-bond acceptors (Lipinski definition) is 7. The molecule has 5 aromatic heterocycles. The molecule has 0 atom stereocenters. The maximum absolute atomic E-state index is 5.05. The van der Waals surface area contributed by atoms with E-state index in [2.05, 4.69) is 30.7 Å². The predicted octanol–water partition coefficient (Wildman–Crippen LogP) is 2.03. The molecule has 8 heterocycles. The van der Waals surface area contributed by atoms with Gasteiger partial charge in [-0.3, -0.25) is 15.0 Å². The number of rotatable bonds is 0. The largest absolute Gasteiger partial charge is 0.386 e. The monoisotopic (exact) mass is 413 g/mol. The second kappa shape index (κ2) is 5.41. The first-order valence-corrected chi connectivity index (χ1v) is 10.3. The van der Waals surface area contributed by atoms with E-state index in [1.54, 1.807) is 18.6 Å². The van der Waals surface area contributed by atoms with Crippen molar-refractivity contribution in [3.8, 4) is 0 Å². The molecule has 0 saturated carbocycles. The van der Waals surface area contributed by atoms with Crippen LogP contribution in [0.15, 0.2) is 75.0 Å².